The third kappa shape index (κ3) is 18.7. The highest BCUT2D eigenvalue weighted by molar-refractivity contribution is 6.05. The number of hydrogen-bond acceptors (Lipinski definition) is 6. The Bertz CT molecular complexity index is 2660. The molecule has 8 rings (SSSR count). The van der Waals surface area contributed by atoms with Gasteiger partial charge in [-0.15, -0.1) is 0 Å². The van der Waals surface area contributed by atoms with Gasteiger partial charge in [-0.05, 0) is 174 Å². The van der Waals surface area contributed by atoms with Gasteiger partial charge in [0.2, 0.25) is 11.6 Å². The Morgan fingerprint density at radius 2 is 0.602 bits per heavy atom. The molecule has 2 unspecified atom stereocenters. The van der Waals surface area contributed by atoms with E-state index in [1.807, 2.05) is 0 Å². The number of Topliss-reactive ketones (excluding diaryl/α,β-unsaturated/α-hetero) is 1. The minimum absolute atomic E-state index is 0.133. The van der Waals surface area contributed by atoms with Crippen LogP contribution in [0, 0.1) is 33.1 Å². The van der Waals surface area contributed by atoms with Gasteiger partial charge in [-0.1, -0.05) is 278 Å². The fourth-order valence-corrected chi connectivity index (χ4v) is 18.6. The molecule has 1 saturated heterocycles. The van der Waals surface area contributed by atoms with Gasteiger partial charge in [-0.3, -0.25) is 4.79 Å². The van der Waals surface area contributed by atoms with Gasteiger partial charge < -0.3 is 23.7 Å². The summed E-state index contributed by atoms with van der Waals surface area (Å²) in [5.74, 6) is 2.99. The maximum atomic E-state index is 16.2. The predicted octanol–water partition coefficient (Wildman–Crippen LogP) is 26.6. The molecule has 1 fully saturated rings. The van der Waals surface area contributed by atoms with Gasteiger partial charge in [0, 0.05) is 33.4 Å². The quantitative estimate of drug-likeness (QED) is 0.0616. The van der Waals surface area contributed by atoms with Crippen LogP contribution in [0.25, 0.3) is 0 Å². The second kappa shape index (κ2) is 36.7. The lowest BCUT2D eigenvalue weighted by molar-refractivity contribution is -0.350. The Morgan fingerprint density at radius 1 is 0.312 bits per heavy atom. The standard InChI is InChI=1S/C87H144O6/c1-13-16-19-22-25-28-31-34-37-40-43-46-49-52-58-82(10)61-55-73-74-57-63-86(91-79(74)69(6)67(4)77(73)89-82)81(88)71(8)72(9)87-85(86,65-64-84(12,93-87)60-54-51-48-45-42-39-36-33-30-27-24-21-18-15-3)66-76-75-56-62-83(11,90-78(75)68(5)70(7)80(76)92-87)59-53-50-47-44-41-38-35-32-29-26-23-20-17-14-2/h13-66H2,1-12H3/t82?,83?,84-,85-,86+,87+/m0/s1. The first-order valence-electron chi connectivity index (χ1n) is 41.0. The Balaban J connectivity index is 0.977. The number of benzene rings is 2. The van der Waals surface area contributed by atoms with E-state index < -0.39 is 22.4 Å². The van der Waals surface area contributed by atoms with Crippen LogP contribution in [0.15, 0.2) is 11.1 Å². The summed E-state index contributed by atoms with van der Waals surface area (Å²) >= 11 is 0. The van der Waals surface area contributed by atoms with Crippen LogP contribution < -0.4 is 18.9 Å². The molecular weight excluding hydrogens is 1140 g/mol. The van der Waals surface area contributed by atoms with E-state index in [-0.39, 0.29) is 17.0 Å². The van der Waals surface area contributed by atoms with Crippen molar-refractivity contribution in [3.05, 3.63) is 55.7 Å². The molecule has 0 radical (unpaired) electrons. The zero-order valence-electron chi connectivity index (χ0n) is 63.1. The first-order valence-corrected chi connectivity index (χ1v) is 41.0. The van der Waals surface area contributed by atoms with Gasteiger partial charge >= 0.3 is 0 Å². The number of fused-ring (bicyclic) bond motifs is 6. The van der Waals surface area contributed by atoms with Crippen molar-refractivity contribution < 1.29 is 28.5 Å². The highest BCUT2D eigenvalue weighted by Crippen LogP contribution is 2.69. The second-order valence-corrected chi connectivity index (χ2v) is 32.9. The van der Waals surface area contributed by atoms with Crippen molar-refractivity contribution in [1.29, 1.82) is 0 Å². The topological polar surface area (TPSA) is 63.2 Å². The van der Waals surface area contributed by atoms with E-state index in [9.17, 15) is 0 Å². The van der Waals surface area contributed by atoms with E-state index in [1.54, 1.807) is 0 Å². The third-order valence-electron chi connectivity index (χ3n) is 25.4. The molecule has 6 atom stereocenters. The van der Waals surface area contributed by atoms with Crippen LogP contribution in [0.5, 0.6) is 23.0 Å². The highest BCUT2D eigenvalue weighted by atomic mass is 16.7. The average molecular weight is 1290 g/mol. The van der Waals surface area contributed by atoms with Gasteiger partial charge in [-0.2, -0.15) is 0 Å². The maximum Gasteiger partial charge on any atom is 0.244 e. The zero-order chi connectivity index (χ0) is 66.4. The van der Waals surface area contributed by atoms with E-state index >= 15 is 4.79 Å². The Morgan fingerprint density at radius 3 is 0.957 bits per heavy atom. The number of ketones is 1. The van der Waals surface area contributed by atoms with E-state index in [0.29, 0.717) is 12.8 Å². The molecule has 6 heteroatoms. The number of rotatable bonds is 45. The summed E-state index contributed by atoms with van der Waals surface area (Å²) in [4.78, 5) is 16.2. The summed E-state index contributed by atoms with van der Waals surface area (Å²) < 4.78 is 38.8. The predicted molar refractivity (Wildman–Crippen MR) is 395 cm³/mol. The van der Waals surface area contributed by atoms with Crippen molar-refractivity contribution in [1.82, 2.24) is 0 Å². The maximum absolute atomic E-state index is 16.2. The van der Waals surface area contributed by atoms with Crippen LogP contribution in [0.2, 0.25) is 0 Å². The van der Waals surface area contributed by atoms with Crippen molar-refractivity contribution in [3.63, 3.8) is 0 Å². The molecule has 5 aliphatic heterocycles. The summed E-state index contributed by atoms with van der Waals surface area (Å²) in [7, 11) is 0. The zero-order valence-corrected chi connectivity index (χ0v) is 63.1. The molecule has 528 valence electrons. The first-order chi connectivity index (χ1) is 45.0. The number of unbranched alkanes of at least 4 members (excludes halogenated alkanes) is 39. The molecule has 0 amide bonds. The average Bonchev–Trinajstić information content (AvgIpc) is 0.657. The minimum Gasteiger partial charge on any atom is -0.487 e. The molecular formula is C87H144O6. The normalized spacial score (nSPS) is 25.4. The molecule has 6 aliphatic rings. The molecule has 6 nitrogen and oxygen atoms in total. The number of carbonyl (C=O) groups excluding carboxylic acids is 1. The van der Waals surface area contributed by atoms with Crippen molar-refractivity contribution in [2.24, 2.45) is 5.41 Å². The fraction of sp³-hybridized carbons (Fsp3) is 0.828. The number of ether oxygens (including phenoxy) is 5. The fourth-order valence-electron chi connectivity index (χ4n) is 18.6. The Hall–Kier alpha value is -2.99. The summed E-state index contributed by atoms with van der Waals surface area (Å²) in [6.45, 7) is 27.3. The largest absolute Gasteiger partial charge is 0.487 e. The lowest BCUT2D eigenvalue weighted by Crippen LogP contribution is -2.79. The van der Waals surface area contributed by atoms with Crippen LogP contribution in [0.4, 0.5) is 0 Å². The number of hydrogen-bond donors (Lipinski definition) is 0. The summed E-state index contributed by atoms with van der Waals surface area (Å²) in [5, 5.41) is 0. The molecule has 1 spiro atoms. The van der Waals surface area contributed by atoms with Crippen LogP contribution in [0.1, 0.15) is 421 Å². The summed E-state index contributed by atoms with van der Waals surface area (Å²) in [5.41, 5.74) is 8.61. The van der Waals surface area contributed by atoms with Crippen LogP contribution in [-0.2, 0) is 35.2 Å². The van der Waals surface area contributed by atoms with Gasteiger partial charge in [0.15, 0.2) is 5.60 Å². The molecule has 93 heavy (non-hydrogen) atoms. The van der Waals surface area contributed by atoms with Gasteiger partial charge in [-0.25, -0.2) is 0 Å². The lowest BCUT2D eigenvalue weighted by atomic mass is 9.48. The molecule has 0 aromatic heterocycles. The third-order valence-corrected chi connectivity index (χ3v) is 25.4. The Kier molecular flexibility index (Phi) is 29.9. The van der Waals surface area contributed by atoms with Crippen molar-refractivity contribution in [2.75, 3.05) is 0 Å². The highest BCUT2D eigenvalue weighted by Gasteiger charge is 2.78. The summed E-state index contributed by atoms with van der Waals surface area (Å²) in [6, 6.07) is 0. The molecule has 0 bridgehead atoms. The van der Waals surface area contributed by atoms with E-state index in [4.69, 9.17) is 23.7 Å². The Labute approximate surface area is 573 Å². The van der Waals surface area contributed by atoms with Crippen LogP contribution in [-0.4, -0.2) is 34.0 Å². The summed E-state index contributed by atoms with van der Waals surface area (Å²) in [6.07, 6.45) is 68.1. The smallest absolute Gasteiger partial charge is 0.244 e. The molecule has 0 N–H and O–H groups in total. The monoisotopic (exact) mass is 1290 g/mol. The van der Waals surface area contributed by atoms with Crippen LogP contribution in [0.3, 0.4) is 0 Å². The molecule has 2 aromatic carbocycles. The van der Waals surface area contributed by atoms with Crippen LogP contribution >= 0.6 is 0 Å². The molecule has 1 aliphatic carbocycles. The SMILES string of the molecule is CCCCCCCCCCCCCCCCC1(C)CCc2c3c(c(C)c(C)c2O1)O[C@]12O[C@@](C)(CCCCCCCCCCCCCCCC)CC[C@]1(C3)[C@@]1(CCc3c4c(c(C)c(C)c3O1)OC(C)(CCCCCCCCCCCCCCCC)CC4)C(=O)C(C)=C2C. The van der Waals surface area contributed by atoms with E-state index in [1.165, 1.54) is 297 Å². The minimum atomic E-state index is -1.19. The van der Waals surface area contributed by atoms with Crippen molar-refractivity contribution in [2.45, 2.75) is 458 Å². The number of carbonyl (C=O) groups is 1. The molecule has 0 saturated carbocycles. The van der Waals surface area contributed by atoms with Gasteiger partial charge in [0.25, 0.3) is 0 Å². The molecule has 5 heterocycles. The van der Waals surface area contributed by atoms with Gasteiger partial charge in [0.05, 0.1) is 11.0 Å². The lowest BCUT2D eigenvalue weighted by Gasteiger charge is -2.67. The van der Waals surface area contributed by atoms with E-state index in [2.05, 4.69) is 83.1 Å². The second-order valence-electron chi connectivity index (χ2n) is 32.9. The van der Waals surface area contributed by atoms with Gasteiger partial charge in [0.1, 0.15) is 34.2 Å². The van der Waals surface area contributed by atoms with Crippen molar-refractivity contribution >= 4 is 5.78 Å². The first kappa shape index (κ1) is 75.8. The van der Waals surface area contributed by atoms with E-state index in [0.717, 1.165) is 116 Å². The molecule has 2 aromatic rings. The van der Waals surface area contributed by atoms with Crippen molar-refractivity contribution in [3.8, 4) is 23.0 Å².